The predicted molar refractivity (Wildman–Crippen MR) is 74.4 cm³/mol. The lowest BCUT2D eigenvalue weighted by Crippen LogP contribution is -2.39. The molecule has 3 nitrogen and oxygen atoms in total. The van der Waals surface area contributed by atoms with Crippen molar-refractivity contribution in [2.45, 2.75) is 58.7 Å². The fraction of sp³-hybridized carbons (Fsp3) is 0.562. The normalized spacial score (nSPS) is 16.5. The smallest absolute Gasteiger partial charge is 0.345 e. The topological polar surface area (TPSA) is 35.5 Å². The van der Waals surface area contributed by atoms with Crippen LogP contribution in [0.2, 0.25) is 0 Å². The number of carbonyl (C=O) groups excluding carboxylic acids is 1. The van der Waals surface area contributed by atoms with E-state index in [-0.39, 0.29) is 5.97 Å². The van der Waals surface area contributed by atoms with Gasteiger partial charge in [-0.25, -0.2) is 4.79 Å². The van der Waals surface area contributed by atoms with Gasteiger partial charge >= 0.3 is 5.97 Å². The van der Waals surface area contributed by atoms with Gasteiger partial charge in [-0.1, -0.05) is 38.3 Å². The lowest BCUT2D eigenvalue weighted by molar-refractivity contribution is -0.127. The molecule has 0 unspecified atom stereocenters. The second-order valence-corrected chi connectivity index (χ2v) is 5.49. The summed E-state index contributed by atoms with van der Waals surface area (Å²) in [5, 5.41) is 0. The molecule has 1 aromatic carbocycles. The van der Waals surface area contributed by atoms with Crippen molar-refractivity contribution in [1.29, 1.82) is 0 Å². The average Bonchev–Trinajstić information content (AvgIpc) is 2.32. The number of esters is 1. The number of aryl methyl sites for hydroxylation is 1. The molecule has 104 valence electrons. The van der Waals surface area contributed by atoms with Gasteiger partial charge in [0.05, 0.1) is 0 Å². The van der Waals surface area contributed by atoms with E-state index in [4.69, 9.17) is 9.47 Å². The number of unbranched alkanes of at least 4 members (excludes halogenated alkanes) is 3. The molecule has 0 atom stereocenters. The van der Waals surface area contributed by atoms with Crippen molar-refractivity contribution in [1.82, 2.24) is 0 Å². The van der Waals surface area contributed by atoms with Gasteiger partial charge < -0.3 is 9.47 Å². The van der Waals surface area contributed by atoms with Gasteiger partial charge in [-0.3, -0.25) is 0 Å². The maximum atomic E-state index is 12.1. The minimum absolute atomic E-state index is 0.266. The summed E-state index contributed by atoms with van der Waals surface area (Å²) in [6.45, 7) is 5.70. The van der Waals surface area contributed by atoms with Crippen molar-refractivity contribution in [3.8, 4) is 5.75 Å². The number of hydrogen-bond donors (Lipinski definition) is 0. The molecule has 3 heteroatoms. The van der Waals surface area contributed by atoms with Gasteiger partial charge in [0, 0.05) is 13.8 Å². The third kappa shape index (κ3) is 3.28. The summed E-state index contributed by atoms with van der Waals surface area (Å²) in [4.78, 5) is 12.1. The second kappa shape index (κ2) is 5.64. The summed E-state index contributed by atoms with van der Waals surface area (Å²) in [5.41, 5.74) is 1.65. The predicted octanol–water partition coefficient (Wildman–Crippen LogP) is 4.09. The number of carbonyl (C=O) groups is 1. The molecule has 0 radical (unpaired) electrons. The van der Waals surface area contributed by atoms with Crippen LogP contribution in [0.5, 0.6) is 5.75 Å². The molecule has 0 spiro atoms. The van der Waals surface area contributed by atoms with Gasteiger partial charge in [-0.05, 0) is 24.5 Å². The van der Waals surface area contributed by atoms with Crippen LogP contribution >= 0.6 is 0 Å². The molecule has 0 fully saturated rings. The molecule has 2 rings (SSSR count). The monoisotopic (exact) mass is 262 g/mol. The molecule has 0 saturated heterocycles. The fourth-order valence-corrected chi connectivity index (χ4v) is 2.40. The number of rotatable bonds is 5. The molecular formula is C16H22O3. The lowest BCUT2D eigenvalue weighted by atomic mass is 9.99. The number of cyclic esters (lactones) is 1. The van der Waals surface area contributed by atoms with Gasteiger partial charge in [-0.15, -0.1) is 0 Å². The Hall–Kier alpha value is -1.51. The molecule has 0 bridgehead atoms. The minimum atomic E-state index is -0.870. The van der Waals surface area contributed by atoms with Crippen LogP contribution in [0, 0.1) is 0 Å². The van der Waals surface area contributed by atoms with Crippen molar-refractivity contribution in [3.63, 3.8) is 0 Å². The van der Waals surface area contributed by atoms with Crippen molar-refractivity contribution < 1.29 is 14.3 Å². The standard InChI is InChI=1S/C16H22O3/c1-4-5-6-7-9-12-10-8-11-13-14(12)15(17)19-16(2,3)18-13/h8,10-11H,4-7,9H2,1-3H3. The van der Waals surface area contributed by atoms with Gasteiger partial charge in [0.15, 0.2) is 0 Å². The van der Waals surface area contributed by atoms with E-state index in [1.165, 1.54) is 19.3 Å². The summed E-state index contributed by atoms with van der Waals surface area (Å²) >= 11 is 0. The Balaban J connectivity index is 2.16. The number of fused-ring (bicyclic) bond motifs is 1. The molecule has 1 aliphatic rings. The Morgan fingerprint density at radius 1 is 1.11 bits per heavy atom. The van der Waals surface area contributed by atoms with Crippen molar-refractivity contribution >= 4 is 5.97 Å². The molecule has 1 aliphatic heterocycles. The van der Waals surface area contributed by atoms with E-state index < -0.39 is 5.79 Å². The van der Waals surface area contributed by atoms with Crippen LogP contribution in [-0.4, -0.2) is 11.8 Å². The highest BCUT2D eigenvalue weighted by molar-refractivity contribution is 5.95. The van der Waals surface area contributed by atoms with Crippen LogP contribution in [0.15, 0.2) is 18.2 Å². The molecule has 0 saturated carbocycles. The highest BCUT2D eigenvalue weighted by Gasteiger charge is 2.35. The lowest BCUT2D eigenvalue weighted by Gasteiger charge is -2.32. The number of hydrogen-bond acceptors (Lipinski definition) is 3. The molecule has 0 aromatic heterocycles. The zero-order valence-corrected chi connectivity index (χ0v) is 12.0. The molecule has 1 aromatic rings. The maximum absolute atomic E-state index is 12.1. The second-order valence-electron chi connectivity index (χ2n) is 5.49. The first kappa shape index (κ1) is 13.9. The zero-order valence-electron chi connectivity index (χ0n) is 12.0. The van der Waals surface area contributed by atoms with Crippen molar-refractivity contribution in [3.05, 3.63) is 29.3 Å². The largest absolute Gasteiger partial charge is 0.452 e. The summed E-state index contributed by atoms with van der Waals surface area (Å²) < 4.78 is 11.0. The van der Waals surface area contributed by atoms with E-state index in [1.807, 2.05) is 18.2 Å². The highest BCUT2D eigenvalue weighted by Crippen LogP contribution is 2.33. The van der Waals surface area contributed by atoms with E-state index in [2.05, 4.69) is 6.92 Å². The Kier molecular flexibility index (Phi) is 4.13. The molecule has 1 heterocycles. The molecule has 0 N–H and O–H groups in total. The molecule has 0 aliphatic carbocycles. The van der Waals surface area contributed by atoms with E-state index in [1.54, 1.807) is 13.8 Å². The van der Waals surface area contributed by atoms with Crippen LogP contribution in [0.3, 0.4) is 0 Å². The first-order valence-electron chi connectivity index (χ1n) is 7.08. The van der Waals surface area contributed by atoms with Crippen LogP contribution in [0.4, 0.5) is 0 Å². The van der Waals surface area contributed by atoms with Gasteiger partial charge in [0.2, 0.25) is 5.79 Å². The van der Waals surface area contributed by atoms with E-state index >= 15 is 0 Å². The van der Waals surface area contributed by atoms with Crippen molar-refractivity contribution in [2.75, 3.05) is 0 Å². The van der Waals surface area contributed by atoms with Crippen LogP contribution < -0.4 is 4.74 Å². The van der Waals surface area contributed by atoms with Crippen LogP contribution in [0.1, 0.15) is 62.4 Å². The van der Waals surface area contributed by atoms with Gasteiger partial charge in [0.25, 0.3) is 0 Å². The zero-order chi connectivity index (χ0) is 13.9. The Morgan fingerprint density at radius 3 is 2.63 bits per heavy atom. The van der Waals surface area contributed by atoms with E-state index in [0.717, 1.165) is 18.4 Å². The quantitative estimate of drug-likeness (QED) is 0.592. The fourth-order valence-electron chi connectivity index (χ4n) is 2.40. The Morgan fingerprint density at radius 2 is 1.89 bits per heavy atom. The number of benzene rings is 1. The van der Waals surface area contributed by atoms with Gasteiger partial charge in [-0.2, -0.15) is 0 Å². The molecule has 0 amide bonds. The van der Waals surface area contributed by atoms with Gasteiger partial charge in [0.1, 0.15) is 11.3 Å². The third-order valence-corrected chi connectivity index (χ3v) is 3.31. The van der Waals surface area contributed by atoms with Crippen LogP contribution in [0.25, 0.3) is 0 Å². The summed E-state index contributed by atoms with van der Waals surface area (Å²) in [7, 11) is 0. The first-order chi connectivity index (χ1) is 9.03. The first-order valence-corrected chi connectivity index (χ1v) is 7.08. The minimum Gasteiger partial charge on any atom is -0.452 e. The Bertz CT molecular complexity index is 463. The summed E-state index contributed by atoms with van der Waals surface area (Å²) in [5.74, 6) is -0.489. The van der Waals surface area contributed by atoms with Crippen LogP contribution in [-0.2, 0) is 11.2 Å². The summed E-state index contributed by atoms with van der Waals surface area (Å²) in [6.07, 6.45) is 5.65. The number of ether oxygens (including phenoxy) is 2. The SMILES string of the molecule is CCCCCCc1cccc2c1C(=O)OC(C)(C)O2. The van der Waals surface area contributed by atoms with E-state index in [0.29, 0.717) is 11.3 Å². The maximum Gasteiger partial charge on any atom is 0.345 e. The molecule has 19 heavy (non-hydrogen) atoms. The highest BCUT2D eigenvalue weighted by atomic mass is 16.7. The summed E-state index contributed by atoms with van der Waals surface area (Å²) in [6, 6.07) is 5.78. The average molecular weight is 262 g/mol. The molecular weight excluding hydrogens is 240 g/mol. The van der Waals surface area contributed by atoms with Crippen molar-refractivity contribution in [2.24, 2.45) is 0 Å². The van der Waals surface area contributed by atoms with E-state index in [9.17, 15) is 4.79 Å². The third-order valence-electron chi connectivity index (χ3n) is 3.31. The Labute approximate surface area is 114 Å².